The van der Waals surface area contributed by atoms with Crippen LogP contribution in [0.4, 0.5) is 0 Å². The van der Waals surface area contributed by atoms with E-state index < -0.39 is 9.84 Å². The summed E-state index contributed by atoms with van der Waals surface area (Å²) in [6.45, 7) is 3.84. The Morgan fingerprint density at radius 2 is 1.77 bits per heavy atom. The number of aryl methyl sites for hydroxylation is 1. The molecule has 1 unspecified atom stereocenters. The quantitative estimate of drug-likeness (QED) is 0.724. The molecule has 1 aromatic carbocycles. The van der Waals surface area contributed by atoms with Crippen molar-refractivity contribution in [2.24, 2.45) is 0 Å². The molecule has 0 aromatic heterocycles. The Labute approximate surface area is 81.1 Å². The molecule has 0 aliphatic carbocycles. The Morgan fingerprint density at radius 3 is 2.23 bits per heavy atom. The van der Waals surface area contributed by atoms with Crippen molar-refractivity contribution in [3.63, 3.8) is 0 Å². The molecule has 0 fully saturated rings. The lowest BCUT2D eigenvalue weighted by Crippen LogP contribution is -2.02. The van der Waals surface area contributed by atoms with Crippen molar-refractivity contribution >= 4 is 18.4 Å². The van der Waals surface area contributed by atoms with Crippen LogP contribution in [0.5, 0.6) is 0 Å². The van der Waals surface area contributed by atoms with Gasteiger partial charge in [-0.05, 0) is 25.7 Å². The first-order chi connectivity index (χ1) is 6.06. The van der Waals surface area contributed by atoms with Crippen molar-refractivity contribution < 1.29 is 8.42 Å². The van der Waals surface area contributed by atoms with Crippen LogP contribution in [-0.2, 0) is 9.84 Å². The van der Waals surface area contributed by atoms with Gasteiger partial charge in [0.15, 0.2) is 9.84 Å². The van der Waals surface area contributed by atoms with E-state index in [2.05, 4.69) is 0 Å². The number of sulfone groups is 1. The van der Waals surface area contributed by atoms with E-state index in [1.165, 1.54) is 0 Å². The summed E-state index contributed by atoms with van der Waals surface area (Å²) < 4.78 is 23.1. The molecular formula is C9H13O2PS. The summed E-state index contributed by atoms with van der Waals surface area (Å²) >= 11 is 0. The van der Waals surface area contributed by atoms with Crippen LogP contribution < -0.4 is 0 Å². The molecule has 0 radical (unpaired) electrons. The van der Waals surface area contributed by atoms with Crippen LogP contribution in [0.2, 0.25) is 0 Å². The van der Waals surface area contributed by atoms with E-state index in [9.17, 15) is 8.42 Å². The van der Waals surface area contributed by atoms with Crippen molar-refractivity contribution in [3.05, 3.63) is 29.8 Å². The molecule has 0 heterocycles. The van der Waals surface area contributed by atoms with Gasteiger partial charge in [-0.2, -0.15) is 0 Å². The smallest absolute Gasteiger partial charge is 0.182 e. The fourth-order valence-corrected chi connectivity index (χ4v) is 3.76. The predicted molar refractivity (Wildman–Crippen MR) is 57.5 cm³/mol. The highest BCUT2D eigenvalue weighted by atomic mass is 32.2. The predicted octanol–water partition coefficient (Wildman–Crippen LogP) is 2.03. The summed E-state index contributed by atoms with van der Waals surface area (Å²) in [6.07, 6.45) is 0. The molecule has 0 saturated heterocycles. The summed E-state index contributed by atoms with van der Waals surface area (Å²) in [6, 6.07) is 6.99. The van der Waals surface area contributed by atoms with Crippen LogP contribution in [-0.4, -0.2) is 20.6 Å². The second-order valence-corrected chi connectivity index (χ2v) is 6.49. The fourth-order valence-electron chi connectivity index (χ4n) is 1.02. The Morgan fingerprint density at radius 1 is 1.23 bits per heavy atom. The first kappa shape index (κ1) is 10.7. The molecule has 1 atom stereocenters. The number of rotatable bonds is 3. The highest BCUT2D eigenvalue weighted by Crippen LogP contribution is 2.17. The fraction of sp³-hybridized carbons (Fsp3) is 0.333. The zero-order valence-corrected chi connectivity index (χ0v) is 9.56. The summed E-state index contributed by atoms with van der Waals surface area (Å²) in [5.41, 5.74) is 1.34. The second-order valence-electron chi connectivity index (χ2n) is 2.93. The topological polar surface area (TPSA) is 34.1 Å². The standard InChI is InChI=1S/C9H13O2PS/c1-8-3-5-9(6-4-8)13(10,11)7-12-2/h3-6,12H,7H2,1-2H3. The Hall–Kier alpha value is -0.400. The van der Waals surface area contributed by atoms with E-state index in [0.29, 0.717) is 13.5 Å². The largest absolute Gasteiger partial charge is 0.223 e. The summed E-state index contributed by atoms with van der Waals surface area (Å²) in [5, 5.41) is 0. The van der Waals surface area contributed by atoms with Gasteiger partial charge < -0.3 is 0 Å². The molecule has 4 heteroatoms. The average Bonchev–Trinajstić information content (AvgIpc) is 2.05. The zero-order chi connectivity index (χ0) is 9.90. The van der Waals surface area contributed by atoms with Crippen LogP contribution in [0.15, 0.2) is 29.2 Å². The Kier molecular flexibility index (Phi) is 3.46. The van der Waals surface area contributed by atoms with Crippen LogP contribution in [0, 0.1) is 6.92 Å². The third-order valence-electron chi connectivity index (χ3n) is 1.71. The molecule has 0 saturated carbocycles. The monoisotopic (exact) mass is 216 g/mol. The van der Waals surface area contributed by atoms with E-state index in [-0.39, 0.29) is 5.49 Å². The average molecular weight is 216 g/mol. The third-order valence-corrected chi connectivity index (χ3v) is 5.38. The highest BCUT2D eigenvalue weighted by molar-refractivity contribution is 7.96. The lowest BCUT2D eigenvalue weighted by atomic mass is 10.2. The molecule has 0 amide bonds. The molecular weight excluding hydrogens is 203 g/mol. The highest BCUT2D eigenvalue weighted by Gasteiger charge is 2.11. The van der Waals surface area contributed by atoms with Gasteiger partial charge in [-0.3, -0.25) is 0 Å². The van der Waals surface area contributed by atoms with Crippen LogP contribution >= 0.6 is 8.58 Å². The lowest BCUT2D eigenvalue weighted by Gasteiger charge is -2.02. The van der Waals surface area contributed by atoms with E-state index in [1.807, 2.05) is 25.7 Å². The summed E-state index contributed by atoms with van der Waals surface area (Å²) in [7, 11) is -2.57. The molecule has 72 valence electrons. The first-order valence-electron chi connectivity index (χ1n) is 4.00. The van der Waals surface area contributed by atoms with Crippen molar-refractivity contribution in [2.45, 2.75) is 11.8 Å². The molecule has 0 spiro atoms. The maximum Gasteiger partial charge on any atom is 0.182 e. The molecule has 0 bridgehead atoms. The summed E-state index contributed by atoms with van der Waals surface area (Å²) in [5.74, 6) is 0. The van der Waals surface area contributed by atoms with Crippen molar-refractivity contribution in [1.82, 2.24) is 0 Å². The minimum absolute atomic E-state index is 0.260. The minimum Gasteiger partial charge on any atom is -0.223 e. The number of benzene rings is 1. The van der Waals surface area contributed by atoms with Gasteiger partial charge in [-0.25, -0.2) is 8.42 Å². The van der Waals surface area contributed by atoms with Gasteiger partial charge in [0.05, 0.1) is 10.4 Å². The van der Waals surface area contributed by atoms with Gasteiger partial charge in [0.1, 0.15) is 0 Å². The molecule has 1 aromatic rings. The van der Waals surface area contributed by atoms with Crippen molar-refractivity contribution in [1.29, 1.82) is 0 Å². The van der Waals surface area contributed by atoms with Gasteiger partial charge in [-0.1, -0.05) is 17.7 Å². The first-order valence-corrected chi connectivity index (χ1v) is 7.36. The van der Waals surface area contributed by atoms with Crippen molar-refractivity contribution in [3.8, 4) is 0 Å². The van der Waals surface area contributed by atoms with Gasteiger partial charge in [0.25, 0.3) is 0 Å². The van der Waals surface area contributed by atoms with Crippen LogP contribution in [0.3, 0.4) is 0 Å². The Bertz CT molecular complexity index is 367. The van der Waals surface area contributed by atoms with E-state index in [0.717, 1.165) is 5.56 Å². The van der Waals surface area contributed by atoms with E-state index in [1.54, 1.807) is 12.1 Å². The third kappa shape index (κ3) is 2.78. The lowest BCUT2D eigenvalue weighted by molar-refractivity contribution is 0.600. The van der Waals surface area contributed by atoms with Gasteiger partial charge in [0.2, 0.25) is 0 Å². The number of hydrogen-bond acceptors (Lipinski definition) is 2. The van der Waals surface area contributed by atoms with Gasteiger partial charge in [-0.15, -0.1) is 8.58 Å². The maximum atomic E-state index is 11.6. The second kappa shape index (κ2) is 4.21. The molecule has 0 aliphatic heterocycles. The molecule has 13 heavy (non-hydrogen) atoms. The SMILES string of the molecule is CPCS(=O)(=O)c1ccc(C)cc1. The van der Waals surface area contributed by atoms with E-state index in [4.69, 9.17) is 0 Å². The molecule has 0 N–H and O–H groups in total. The van der Waals surface area contributed by atoms with Crippen LogP contribution in [0.1, 0.15) is 5.56 Å². The zero-order valence-electron chi connectivity index (χ0n) is 7.74. The normalized spacial score (nSPS) is 12.5. The minimum atomic E-state index is -3.01. The summed E-state index contributed by atoms with van der Waals surface area (Å²) in [4.78, 5) is 0.437. The van der Waals surface area contributed by atoms with Gasteiger partial charge in [0, 0.05) is 0 Å². The Balaban J connectivity index is 3.02. The van der Waals surface area contributed by atoms with E-state index >= 15 is 0 Å². The number of hydrogen-bond donors (Lipinski definition) is 0. The van der Waals surface area contributed by atoms with Crippen molar-refractivity contribution in [2.75, 3.05) is 12.2 Å². The molecule has 1 rings (SSSR count). The van der Waals surface area contributed by atoms with Crippen LogP contribution in [0.25, 0.3) is 0 Å². The molecule has 0 aliphatic rings. The molecule has 2 nitrogen and oxygen atoms in total. The van der Waals surface area contributed by atoms with Gasteiger partial charge >= 0.3 is 0 Å². The maximum absolute atomic E-state index is 11.6.